The van der Waals surface area contributed by atoms with Crippen molar-refractivity contribution < 1.29 is 9.53 Å². The molecule has 3 nitrogen and oxygen atoms in total. The molecule has 1 heterocycles. The molecule has 2 aromatic rings. The van der Waals surface area contributed by atoms with Gasteiger partial charge in [-0.05, 0) is 23.1 Å². The fourth-order valence-electron chi connectivity index (χ4n) is 2.52. The van der Waals surface area contributed by atoms with Gasteiger partial charge in [0.2, 0.25) is 0 Å². The van der Waals surface area contributed by atoms with Gasteiger partial charge in [0, 0.05) is 18.3 Å². The molecular formula is C17H16ClNO2. The number of carbonyl (C=O) groups excluding carboxylic acids is 1. The number of hydrogen-bond acceptors (Lipinski definition) is 2. The molecule has 0 N–H and O–H groups in total. The average Bonchev–Trinajstić information content (AvgIpc) is 2.65. The molecule has 0 aromatic heterocycles. The molecule has 3 rings (SSSR count). The van der Waals surface area contributed by atoms with Gasteiger partial charge in [-0.1, -0.05) is 54.6 Å². The highest BCUT2D eigenvalue weighted by Gasteiger charge is 2.30. The van der Waals surface area contributed by atoms with Crippen LogP contribution in [-0.2, 0) is 22.6 Å². The minimum Gasteiger partial charge on any atom is -0.359 e. The zero-order valence-corrected chi connectivity index (χ0v) is 12.3. The van der Waals surface area contributed by atoms with Crippen molar-refractivity contribution in [2.75, 3.05) is 6.54 Å². The summed E-state index contributed by atoms with van der Waals surface area (Å²) in [5.74, 6) is -0.197. The first-order chi connectivity index (χ1) is 10.3. The van der Waals surface area contributed by atoms with Gasteiger partial charge in [0.25, 0.3) is 5.91 Å². The molecule has 108 valence electrons. The molecule has 0 saturated heterocycles. The number of amides is 1. The SMILES string of the molecule is O=C1C(OCc2ccccc2)c2ccccc2CCN1Cl. The van der Waals surface area contributed by atoms with Crippen molar-refractivity contribution in [1.29, 1.82) is 0 Å². The van der Waals surface area contributed by atoms with Gasteiger partial charge >= 0.3 is 0 Å². The van der Waals surface area contributed by atoms with Crippen LogP contribution in [0.2, 0.25) is 0 Å². The number of carbonyl (C=O) groups is 1. The van der Waals surface area contributed by atoms with Crippen molar-refractivity contribution in [2.45, 2.75) is 19.1 Å². The molecule has 1 aliphatic heterocycles. The van der Waals surface area contributed by atoms with Crippen LogP contribution in [0.1, 0.15) is 22.8 Å². The molecule has 1 aliphatic rings. The second kappa shape index (κ2) is 6.29. The summed E-state index contributed by atoms with van der Waals surface area (Å²) in [6, 6.07) is 17.7. The summed E-state index contributed by atoms with van der Waals surface area (Å²) in [6.45, 7) is 0.888. The highest BCUT2D eigenvalue weighted by molar-refractivity contribution is 6.22. The third kappa shape index (κ3) is 3.09. The fraction of sp³-hybridized carbons (Fsp3) is 0.235. The van der Waals surface area contributed by atoms with Crippen LogP contribution in [0.3, 0.4) is 0 Å². The molecule has 0 radical (unpaired) electrons. The highest BCUT2D eigenvalue weighted by Crippen LogP contribution is 2.29. The second-order valence-electron chi connectivity index (χ2n) is 5.05. The Morgan fingerprint density at radius 2 is 1.81 bits per heavy atom. The molecule has 2 aromatic carbocycles. The quantitative estimate of drug-likeness (QED) is 0.812. The predicted molar refractivity (Wildman–Crippen MR) is 81.7 cm³/mol. The van der Waals surface area contributed by atoms with E-state index >= 15 is 0 Å². The predicted octanol–water partition coefficient (Wildman–Crippen LogP) is 3.48. The number of halogens is 1. The van der Waals surface area contributed by atoms with Crippen LogP contribution in [0, 0.1) is 0 Å². The van der Waals surface area contributed by atoms with Gasteiger partial charge in [0.15, 0.2) is 6.10 Å². The maximum atomic E-state index is 12.4. The Labute approximate surface area is 129 Å². The Hall–Kier alpha value is -1.84. The number of fused-ring (bicyclic) bond motifs is 1. The van der Waals surface area contributed by atoms with Crippen LogP contribution in [-0.4, -0.2) is 16.9 Å². The molecule has 0 fully saturated rings. The van der Waals surface area contributed by atoms with E-state index in [9.17, 15) is 4.79 Å². The van der Waals surface area contributed by atoms with Gasteiger partial charge in [-0.25, -0.2) is 0 Å². The van der Waals surface area contributed by atoms with E-state index in [0.29, 0.717) is 13.2 Å². The molecule has 4 heteroatoms. The minimum atomic E-state index is -0.638. The number of rotatable bonds is 3. The van der Waals surface area contributed by atoms with E-state index in [4.69, 9.17) is 16.5 Å². The number of hydrogen-bond donors (Lipinski definition) is 0. The van der Waals surface area contributed by atoms with Crippen molar-refractivity contribution in [3.8, 4) is 0 Å². The number of nitrogens with zero attached hydrogens (tertiary/aromatic N) is 1. The summed E-state index contributed by atoms with van der Waals surface area (Å²) in [5.41, 5.74) is 3.07. The third-order valence-corrected chi connectivity index (χ3v) is 3.97. The van der Waals surface area contributed by atoms with Crippen LogP contribution in [0.4, 0.5) is 0 Å². The fourth-order valence-corrected chi connectivity index (χ4v) is 2.69. The lowest BCUT2D eigenvalue weighted by atomic mass is 10.0. The van der Waals surface area contributed by atoms with E-state index in [-0.39, 0.29) is 5.91 Å². The number of benzene rings is 2. The molecule has 0 spiro atoms. The van der Waals surface area contributed by atoms with E-state index in [1.165, 1.54) is 4.42 Å². The summed E-state index contributed by atoms with van der Waals surface area (Å²) < 4.78 is 7.11. The van der Waals surface area contributed by atoms with Crippen LogP contribution < -0.4 is 0 Å². The van der Waals surface area contributed by atoms with Crippen LogP contribution in [0.15, 0.2) is 54.6 Å². The lowest BCUT2D eigenvalue weighted by Crippen LogP contribution is -2.28. The largest absolute Gasteiger partial charge is 0.359 e. The Balaban J connectivity index is 1.85. The summed E-state index contributed by atoms with van der Waals surface area (Å²) in [7, 11) is 0. The Morgan fingerprint density at radius 1 is 1.10 bits per heavy atom. The summed E-state index contributed by atoms with van der Waals surface area (Å²) >= 11 is 6.04. The van der Waals surface area contributed by atoms with Crippen molar-refractivity contribution >= 4 is 17.7 Å². The van der Waals surface area contributed by atoms with E-state index in [1.54, 1.807) is 0 Å². The summed E-state index contributed by atoms with van der Waals surface area (Å²) in [4.78, 5) is 12.4. The Morgan fingerprint density at radius 3 is 2.62 bits per heavy atom. The monoisotopic (exact) mass is 301 g/mol. The number of ether oxygens (including phenoxy) is 1. The van der Waals surface area contributed by atoms with Crippen LogP contribution >= 0.6 is 11.8 Å². The zero-order chi connectivity index (χ0) is 14.7. The molecule has 0 saturated carbocycles. The molecule has 1 atom stereocenters. The van der Waals surface area contributed by atoms with Gasteiger partial charge < -0.3 is 4.74 Å². The molecule has 0 bridgehead atoms. The maximum absolute atomic E-state index is 12.4. The zero-order valence-electron chi connectivity index (χ0n) is 11.5. The van der Waals surface area contributed by atoms with E-state index < -0.39 is 6.10 Å². The highest BCUT2D eigenvalue weighted by atomic mass is 35.5. The van der Waals surface area contributed by atoms with Crippen molar-refractivity contribution in [1.82, 2.24) is 4.42 Å². The first-order valence-corrected chi connectivity index (χ1v) is 7.30. The minimum absolute atomic E-state index is 0.197. The topological polar surface area (TPSA) is 29.5 Å². The second-order valence-corrected chi connectivity index (χ2v) is 5.46. The van der Waals surface area contributed by atoms with Crippen molar-refractivity contribution in [2.24, 2.45) is 0 Å². The van der Waals surface area contributed by atoms with Gasteiger partial charge in [-0.2, -0.15) is 0 Å². The van der Waals surface area contributed by atoms with E-state index in [0.717, 1.165) is 23.1 Å². The van der Waals surface area contributed by atoms with Gasteiger partial charge in [0.1, 0.15) is 0 Å². The van der Waals surface area contributed by atoms with Crippen molar-refractivity contribution in [3.05, 3.63) is 71.3 Å². The Kier molecular flexibility index (Phi) is 4.23. The Bertz CT molecular complexity index is 630. The normalized spacial score (nSPS) is 18.2. The molecule has 1 amide bonds. The van der Waals surface area contributed by atoms with Gasteiger partial charge in [-0.3, -0.25) is 9.21 Å². The lowest BCUT2D eigenvalue weighted by Gasteiger charge is -2.19. The first kappa shape index (κ1) is 14.1. The first-order valence-electron chi connectivity index (χ1n) is 6.96. The smallest absolute Gasteiger partial charge is 0.270 e. The summed E-state index contributed by atoms with van der Waals surface area (Å²) in [6.07, 6.45) is 0.109. The molecule has 0 aliphatic carbocycles. The molecule has 1 unspecified atom stereocenters. The summed E-state index contributed by atoms with van der Waals surface area (Å²) in [5, 5.41) is 0. The van der Waals surface area contributed by atoms with Gasteiger partial charge in [-0.15, -0.1) is 0 Å². The third-order valence-electron chi connectivity index (χ3n) is 3.64. The standard InChI is InChI=1S/C17H16ClNO2/c18-19-11-10-14-8-4-5-9-15(14)16(17(19)20)21-12-13-6-2-1-3-7-13/h1-9,16H,10-12H2. The molecular weight excluding hydrogens is 286 g/mol. The average molecular weight is 302 g/mol. The van der Waals surface area contributed by atoms with Gasteiger partial charge in [0.05, 0.1) is 6.61 Å². The molecule has 21 heavy (non-hydrogen) atoms. The van der Waals surface area contributed by atoms with E-state index in [1.807, 2.05) is 54.6 Å². The van der Waals surface area contributed by atoms with Crippen LogP contribution in [0.25, 0.3) is 0 Å². The van der Waals surface area contributed by atoms with Crippen molar-refractivity contribution in [3.63, 3.8) is 0 Å². The van der Waals surface area contributed by atoms with Crippen LogP contribution in [0.5, 0.6) is 0 Å². The maximum Gasteiger partial charge on any atom is 0.270 e. The lowest BCUT2D eigenvalue weighted by molar-refractivity contribution is -0.139. The van der Waals surface area contributed by atoms with E-state index in [2.05, 4.69) is 0 Å².